The molecular formula is C21H19N5S. The highest BCUT2D eigenvalue weighted by Gasteiger charge is 2.13. The average molecular weight is 373 g/mol. The lowest BCUT2D eigenvalue weighted by molar-refractivity contribution is 0.661. The fraction of sp³-hybridized carbons (Fsp3) is 0.143. The molecule has 0 saturated carbocycles. The second-order valence-electron chi connectivity index (χ2n) is 6.53. The number of imidazole rings is 1. The van der Waals surface area contributed by atoms with E-state index >= 15 is 0 Å². The zero-order valence-electron chi connectivity index (χ0n) is 14.7. The van der Waals surface area contributed by atoms with Gasteiger partial charge in [0.25, 0.3) is 0 Å². The number of rotatable bonds is 6. The predicted octanol–water partition coefficient (Wildman–Crippen LogP) is 5.14. The van der Waals surface area contributed by atoms with E-state index < -0.39 is 0 Å². The van der Waals surface area contributed by atoms with Crippen LogP contribution in [-0.4, -0.2) is 26.3 Å². The molecule has 0 unspecified atom stereocenters. The van der Waals surface area contributed by atoms with Gasteiger partial charge in [0, 0.05) is 46.8 Å². The van der Waals surface area contributed by atoms with Crippen LogP contribution in [-0.2, 0) is 6.54 Å². The number of aromatic amines is 1. The van der Waals surface area contributed by atoms with Crippen LogP contribution in [0.2, 0.25) is 0 Å². The van der Waals surface area contributed by atoms with Crippen molar-refractivity contribution in [3.8, 4) is 11.3 Å². The number of anilines is 1. The van der Waals surface area contributed by atoms with E-state index in [1.807, 2.05) is 18.7 Å². The Labute approximate surface area is 160 Å². The Morgan fingerprint density at radius 2 is 1.96 bits per heavy atom. The third-order valence-corrected chi connectivity index (χ3v) is 5.91. The monoisotopic (exact) mass is 373 g/mol. The van der Waals surface area contributed by atoms with Gasteiger partial charge in [-0.3, -0.25) is 5.10 Å². The number of hydrogen-bond donors (Lipinski definition) is 2. The third kappa shape index (κ3) is 3.08. The highest BCUT2D eigenvalue weighted by Crippen LogP contribution is 2.38. The zero-order chi connectivity index (χ0) is 18.1. The Balaban J connectivity index is 1.30. The van der Waals surface area contributed by atoms with Crippen LogP contribution in [0.25, 0.3) is 31.6 Å². The van der Waals surface area contributed by atoms with Crippen molar-refractivity contribution >= 4 is 37.3 Å². The molecule has 5 rings (SSSR count). The van der Waals surface area contributed by atoms with Crippen LogP contribution in [0, 0.1) is 0 Å². The molecule has 134 valence electrons. The van der Waals surface area contributed by atoms with Crippen molar-refractivity contribution in [1.29, 1.82) is 0 Å². The van der Waals surface area contributed by atoms with Gasteiger partial charge in [0.2, 0.25) is 0 Å². The third-order valence-electron chi connectivity index (χ3n) is 4.73. The molecule has 0 fully saturated rings. The molecule has 5 nitrogen and oxygen atoms in total. The molecule has 27 heavy (non-hydrogen) atoms. The van der Waals surface area contributed by atoms with Crippen molar-refractivity contribution in [3.63, 3.8) is 0 Å². The maximum Gasteiger partial charge on any atom is 0.110 e. The first-order valence-electron chi connectivity index (χ1n) is 9.04. The highest BCUT2D eigenvalue weighted by atomic mass is 32.1. The van der Waals surface area contributed by atoms with Crippen molar-refractivity contribution in [2.24, 2.45) is 0 Å². The van der Waals surface area contributed by atoms with E-state index in [1.54, 1.807) is 11.3 Å². The van der Waals surface area contributed by atoms with Gasteiger partial charge in [0.1, 0.15) is 5.69 Å². The van der Waals surface area contributed by atoms with Crippen molar-refractivity contribution in [2.45, 2.75) is 13.0 Å². The van der Waals surface area contributed by atoms with Gasteiger partial charge in [0.05, 0.1) is 16.5 Å². The van der Waals surface area contributed by atoms with Crippen molar-refractivity contribution in [2.75, 3.05) is 11.9 Å². The zero-order valence-corrected chi connectivity index (χ0v) is 15.5. The number of aromatic nitrogens is 4. The summed E-state index contributed by atoms with van der Waals surface area (Å²) in [7, 11) is 0. The number of aryl methyl sites for hydroxylation is 1. The van der Waals surface area contributed by atoms with Crippen LogP contribution in [0.4, 0.5) is 5.69 Å². The summed E-state index contributed by atoms with van der Waals surface area (Å²) in [5.74, 6) is 0. The summed E-state index contributed by atoms with van der Waals surface area (Å²) in [6, 6.07) is 17.0. The Hall–Kier alpha value is -3.12. The topological polar surface area (TPSA) is 58.5 Å². The van der Waals surface area contributed by atoms with Gasteiger partial charge in [-0.05, 0) is 24.6 Å². The first-order chi connectivity index (χ1) is 13.4. The SMILES string of the molecule is c1ccc2c(c1)sc1c(-c3ccc(NCCCn4ccnc4)cc3)n[nH]c12. The molecule has 0 saturated heterocycles. The Morgan fingerprint density at radius 3 is 2.81 bits per heavy atom. The fourth-order valence-corrected chi connectivity index (χ4v) is 4.51. The first kappa shape index (κ1) is 16.1. The molecule has 3 heterocycles. The van der Waals surface area contributed by atoms with Gasteiger partial charge in [-0.25, -0.2) is 4.98 Å². The summed E-state index contributed by atoms with van der Waals surface area (Å²) in [5.41, 5.74) is 4.43. The van der Waals surface area contributed by atoms with Crippen molar-refractivity contribution in [1.82, 2.24) is 19.7 Å². The van der Waals surface area contributed by atoms with Crippen LogP contribution in [0.1, 0.15) is 6.42 Å². The Bertz CT molecular complexity index is 1170. The predicted molar refractivity (Wildman–Crippen MR) is 112 cm³/mol. The summed E-state index contributed by atoms with van der Waals surface area (Å²) in [5, 5.41) is 12.5. The Kier molecular flexibility index (Phi) is 4.10. The molecule has 0 spiro atoms. The summed E-state index contributed by atoms with van der Waals surface area (Å²) in [6.45, 7) is 1.91. The van der Waals surface area contributed by atoms with Gasteiger partial charge in [-0.15, -0.1) is 11.3 Å². The van der Waals surface area contributed by atoms with Crippen LogP contribution in [0.15, 0.2) is 67.3 Å². The normalized spacial score (nSPS) is 11.4. The van der Waals surface area contributed by atoms with Crippen molar-refractivity contribution < 1.29 is 0 Å². The molecule has 0 aliphatic carbocycles. The molecule has 2 N–H and O–H groups in total. The molecule has 5 aromatic rings. The number of nitrogens with zero attached hydrogens (tertiary/aromatic N) is 3. The standard InChI is InChI=1S/C21H19N5S/c1-2-5-18-17(4-1)20-21(27-18)19(24-25-20)15-6-8-16(9-7-15)23-10-3-12-26-13-11-22-14-26/h1-2,4-9,11,13-14,23H,3,10,12H2,(H,24,25). The van der Waals surface area contributed by atoms with Crippen LogP contribution >= 0.6 is 11.3 Å². The van der Waals surface area contributed by atoms with Crippen LogP contribution in [0.3, 0.4) is 0 Å². The molecule has 0 atom stereocenters. The molecule has 0 aliphatic heterocycles. The minimum Gasteiger partial charge on any atom is -0.385 e. The molecule has 0 bridgehead atoms. The van der Waals surface area contributed by atoms with Gasteiger partial charge in [-0.2, -0.15) is 5.10 Å². The second kappa shape index (κ2) is 6.89. The van der Waals surface area contributed by atoms with E-state index in [1.165, 1.54) is 14.8 Å². The van der Waals surface area contributed by atoms with Crippen molar-refractivity contribution in [3.05, 3.63) is 67.3 Å². The van der Waals surface area contributed by atoms with Gasteiger partial charge in [0.15, 0.2) is 0 Å². The lowest BCUT2D eigenvalue weighted by Gasteiger charge is -2.07. The minimum atomic E-state index is 0.931. The number of benzene rings is 2. The quantitative estimate of drug-likeness (QED) is 0.405. The van der Waals surface area contributed by atoms with E-state index in [4.69, 9.17) is 0 Å². The lowest BCUT2D eigenvalue weighted by atomic mass is 10.1. The molecule has 2 aromatic carbocycles. The highest BCUT2D eigenvalue weighted by molar-refractivity contribution is 7.26. The molecule has 0 amide bonds. The molecule has 6 heteroatoms. The molecular weight excluding hydrogens is 354 g/mol. The first-order valence-corrected chi connectivity index (χ1v) is 9.86. The lowest BCUT2D eigenvalue weighted by Crippen LogP contribution is -2.05. The van der Waals surface area contributed by atoms with E-state index in [0.717, 1.165) is 42.0 Å². The molecule has 3 aromatic heterocycles. The fourth-order valence-electron chi connectivity index (χ4n) is 3.34. The van der Waals surface area contributed by atoms with Gasteiger partial charge in [-0.1, -0.05) is 30.3 Å². The van der Waals surface area contributed by atoms with E-state index in [9.17, 15) is 0 Å². The molecule has 0 aliphatic rings. The maximum atomic E-state index is 4.57. The summed E-state index contributed by atoms with van der Waals surface area (Å²) >= 11 is 1.79. The van der Waals surface area contributed by atoms with Crippen LogP contribution in [0.5, 0.6) is 0 Å². The smallest absolute Gasteiger partial charge is 0.110 e. The number of hydrogen-bond acceptors (Lipinski definition) is 4. The summed E-state index contributed by atoms with van der Waals surface area (Å²) in [6.07, 6.45) is 6.72. The van der Waals surface area contributed by atoms with E-state index in [0.29, 0.717) is 0 Å². The summed E-state index contributed by atoms with van der Waals surface area (Å²) in [4.78, 5) is 4.06. The summed E-state index contributed by atoms with van der Waals surface area (Å²) < 4.78 is 4.61. The number of H-pyrrole nitrogens is 1. The number of thiophene rings is 1. The Morgan fingerprint density at radius 1 is 1.07 bits per heavy atom. The van der Waals surface area contributed by atoms with E-state index in [2.05, 4.69) is 73.6 Å². The number of nitrogens with one attached hydrogen (secondary N) is 2. The van der Waals surface area contributed by atoms with Gasteiger partial charge >= 0.3 is 0 Å². The average Bonchev–Trinajstić information content (AvgIpc) is 3.43. The van der Waals surface area contributed by atoms with Crippen LogP contribution < -0.4 is 5.32 Å². The number of fused-ring (bicyclic) bond motifs is 3. The molecule has 0 radical (unpaired) electrons. The second-order valence-corrected chi connectivity index (χ2v) is 7.58. The largest absolute Gasteiger partial charge is 0.385 e. The van der Waals surface area contributed by atoms with E-state index in [-0.39, 0.29) is 0 Å². The maximum absolute atomic E-state index is 4.57. The van der Waals surface area contributed by atoms with Gasteiger partial charge < -0.3 is 9.88 Å². The minimum absolute atomic E-state index is 0.931.